The Hall–Kier alpha value is -1.40. The summed E-state index contributed by atoms with van der Waals surface area (Å²) in [4.78, 5) is 11.1. The van der Waals surface area contributed by atoms with Crippen molar-refractivity contribution >= 4 is 17.6 Å². The Morgan fingerprint density at radius 2 is 2.20 bits per heavy atom. The Bertz CT molecular complexity index is 444. The molecule has 0 atom stereocenters. The molecule has 0 amide bonds. The number of hydrogen-bond acceptors (Lipinski definition) is 4. The fourth-order valence-electron chi connectivity index (χ4n) is 1.54. The summed E-state index contributed by atoms with van der Waals surface area (Å²) < 4.78 is 33.6. The van der Waals surface area contributed by atoms with E-state index >= 15 is 0 Å². The maximum atomic E-state index is 12.2. The fourth-order valence-corrected chi connectivity index (χ4v) is 1.74. The highest BCUT2D eigenvalue weighted by molar-refractivity contribution is 6.30. The summed E-state index contributed by atoms with van der Waals surface area (Å²) in [5.74, 6) is -0.247. The number of rotatable bonds is 8. The number of esters is 1. The summed E-state index contributed by atoms with van der Waals surface area (Å²) in [5.41, 5.74) is 0.502. The number of benzene rings is 1. The van der Waals surface area contributed by atoms with Crippen LogP contribution in [0.4, 0.5) is 8.78 Å². The van der Waals surface area contributed by atoms with Crippen molar-refractivity contribution in [1.29, 1.82) is 0 Å². The molecule has 1 N–H and O–H groups in total. The average Bonchev–Trinajstić information content (AvgIpc) is 2.37. The van der Waals surface area contributed by atoms with Crippen LogP contribution >= 0.6 is 11.6 Å². The quantitative estimate of drug-likeness (QED) is 0.592. The van der Waals surface area contributed by atoms with Crippen molar-refractivity contribution in [2.45, 2.75) is 26.5 Å². The lowest BCUT2D eigenvalue weighted by Crippen LogP contribution is -2.19. The standard InChI is InChI=1S/C13H16ClF2NO3/c1-2-19-12(18)5-6-17-8-9-7-10(14)3-4-11(9)20-13(15)16/h3-4,7,13,17H,2,5-6,8H2,1H3. The number of hydrogen-bond donors (Lipinski definition) is 1. The van der Waals surface area contributed by atoms with Crippen LogP contribution in [0.5, 0.6) is 5.75 Å². The lowest BCUT2D eigenvalue weighted by atomic mass is 10.2. The van der Waals surface area contributed by atoms with Gasteiger partial charge in [0.15, 0.2) is 0 Å². The molecule has 0 heterocycles. The molecule has 0 aliphatic heterocycles. The zero-order valence-corrected chi connectivity index (χ0v) is 11.8. The number of carbonyl (C=O) groups excluding carboxylic acids is 1. The van der Waals surface area contributed by atoms with E-state index in [1.807, 2.05) is 0 Å². The summed E-state index contributed by atoms with van der Waals surface area (Å²) in [6.45, 7) is -0.193. The number of ether oxygens (including phenoxy) is 2. The number of halogens is 3. The number of carbonyl (C=O) groups is 1. The Labute approximate surface area is 121 Å². The summed E-state index contributed by atoms with van der Waals surface area (Å²) in [7, 11) is 0. The van der Waals surface area contributed by atoms with Gasteiger partial charge < -0.3 is 14.8 Å². The molecule has 1 aromatic carbocycles. The van der Waals surface area contributed by atoms with Crippen LogP contribution < -0.4 is 10.1 Å². The summed E-state index contributed by atoms with van der Waals surface area (Å²) in [5, 5.41) is 3.37. The van der Waals surface area contributed by atoms with E-state index in [9.17, 15) is 13.6 Å². The van der Waals surface area contributed by atoms with Gasteiger partial charge in [-0.15, -0.1) is 0 Å². The van der Waals surface area contributed by atoms with E-state index in [-0.39, 0.29) is 24.7 Å². The zero-order chi connectivity index (χ0) is 15.0. The minimum atomic E-state index is -2.89. The van der Waals surface area contributed by atoms with Crippen molar-refractivity contribution in [3.63, 3.8) is 0 Å². The van der Waals surface area contributed by atoms with E-state index in [0.717, 1.165) is 0 Å². The first-order valence-corrected chi connectivity index (χ1v) is 6.50. The van der Waals surface area contributed by atoms with Crippen LogP contribution in [0.2, 0.25) is 5.02 Å². The van der Waals surface area contributed by atoms with Crippen LogP contribution in [0.3, 0.4) is 0 Å². The Kier molecular flexibility index (Phi) is 7.25. The molecule has 0 aliphatic rings. The molecular formula is C13H16ClF2NO3. The fraction of sp³-hybridized carbons (Fsp3) is 0.462. The third-order valence-corrected chi connectivity index (χ3v) is 2.60. The van der Waals surface area contributed by atoms with Crippen LogP contribution in [-0.2, 0) is 16.1 Å². The lowest BCUT2D eigenvalue weighted by molar-refractivity contribution is -0.142. The second-order valence-electron chi connectivity index (χ2n) is 3.86. The van der Waals surface area contributed by atoms with Gasteiger partial charge in [0.05, 0.1) is 13.0 Å². The summed E-state index contributed by atoms with van der Waals surface area (Å²) in [6.07, 6.45) is 0.208. The molecule has 4 nitrogen and oxygen atoms in total. The Morgan fingerprint density at radius 3 is 2.85 bits per heavy atom. The monoisotopic (exact) mass is 307 g/mol. The SMILES string of the molecule is CCOC(=O)CCNCc1cc(Cl)ccc1OC(F)F. The minimum Gasteiger partial charge on any atom is -0.466 e. The molecule has 0 bridgehead atoms. The highest BCUT2D eigenvalue weighted by Crippen LogP contribution is 2.24. The third kappa shape index (κ3) is 6.16. The van der Waals surface area contributed by atoms with Gasteiger partial charge in [-0.2, -0.15) is 8.78 Å². The molecule has 1 aromatic rings. The predicted octanol–water partition coefficient (Wildman–Crippen LogP) is 2.98. The topological polar surface area (TPSA) is 47.6 Å². The molecular weight excluding hydrogens is 292 g/mol. The molecule has 0 saturated carbocycles. The van der Waals surface area contributed by atoms with Crippen LogP contribution in [0.15, 0.2) is 18.2 Å². The van der Waals surface area contributed by atoms with E-state index in [1.165, 1.54) is 18.2 Å². The van der Waals surface area contributed by atoms with Crippen LogP contribution in [0, 0.1) is 0 Å². The summed E-state index contributed by atoms with van der Waals surface area (Å²) >= 11 is 5.81. The van der Waals surface area contributed by atoms with Gasteiger partial charge in [-0.1, -0.05) is 11.6 Å². The third-order valence-electron chi connectivity index (χ3n) is 2.37. The summed E-state index contributed by atoms with van der Waals surface area (Å²) in [6, 6.07) is 4.40. The maximum Gasteiger partial charge on any atom is 0.387 e. The van der Waals surface area contributed by atoms with E-state index < -0.39 is 6.61 Å². The molecule has 0 fully saturated rings. The van der Waals surface area contributed by atoms with Gasteiger partial charge in [-0.25, -0.2) is 0 Å². The number of alkyl halides is 2. The van der Waals surface area contributed by atoms with Crippen molar-refractivity contribution in [3.8, 4) is 5.75 Å². The van der Waals surface area contributed by atoms with E-state index in [4.69, 9.17) is 16.3 Å². The molecule has 0 saturated heterocycles. The van der Waals surface area contributed by atoms with E-state index in [2.05, 4.69) is 10.1 Å². The molecule has 0 aliphatic carbocycles. The van der Waals surface area contributed by atoms with Crippen LogP contribution in [-0.4, -0.2) is 25.7 Å². The van der Waals surface area contributed by atoms with Gasteiger partial charge in [0.1, 0.15) is 5.75 Å². The van der Waals surface area contributed by atoms with Gasteiger partial charge >= 0.3 is 12.6 Å². The molecule has 0 unspecified atom stereocenters. The first-order valence-electron chi connectivity index (χ1n) is 6.12. The lowest BCUT2D eigenvalue weighted by Gasteiger charge is -2.12. The van der Waals surface area contributed by atoms with Gasteiger partial charge in [0.25, 0.3) is 0 Å². The van der Waals surface area contributed by atoms with Gasteiger partial charge in [-0.05, 0) is 25.1 Å². The first-order chi connectivity index (χ1) is 9.52. The maximum absolute atomic E-state index is 12.2. The highest BCUT2D eigenvalue weighted by Gasteiger charge is 2.10. The normalized spacial score (nSPS) is 10.7. The van der Waals surface area contributed by atoms with Crippen molar-refractivity contribution in [2.75, 3.05) is 13.2 Å². The molecule has 0 spiro atoms. The van der Waals surface area contributed by atoms with Gasteiger partial charge in [0, 0.05) is 23.7 Å². The molecule has 112 valence electrons. The minimum absolute atomic E-state index is 0.0630. The largest absolute Gasteiger partial charge is 0.466 e. The molecule has 0 radical (unpaired) electrons. The molecule has 7 heteroatoms. The predicted molar refractivity (Wildman–Crippen MR) is 71.0 cm³/mol. The molecule has 0 aromatic heterocycles. The van der Waals surface area contributed by atoms with Crippen molar-refractivity contribution in [2.24, 2.45) is 0 Å². The van der Waals surface area contributed by atoms with Gasteiger partial charge in [0.2, 0.25) is 0 Å². The first kappa shape index (κ1) is 16.7. The van der Waals surface area contributed by atoms with Crippen LogP contribution in [0.1, 0.15) is 18.9 Å². The van der Waals surface area contributed by atoms with Gasteiger partial charge in [-0.3, -0.25) is 4.79 Å². The van der Waals surface area contributed by atoms with Crippen molar-refractivity contribution in [1.82, 2.24) is 5.32 Å². The second-order valence-corrected chi connectivity index (χ2v) is 4.30. The Morgan fingerprint density at radius 1 is 1.45 bits per heavy atom. The van der Waals surface area contributed by atoms with Crippen LogP contribution in [0.25, 0.3) is 0 Å². The van der Waals surface area contributed by atoms with Crippen molar-refractivity contribution < 1.29 is 23.0 Å². The second kappa shape index (κ2) is 8.71. The Balaban J connectivity index is 2.49. The van der Waals surface area contributed by atoms with E-state index in [0.29, 0.717) is 23.7 Å². The van der Waals surface area contributed by atoms with Crippen molar-refractivity contribution in [3.05, 3.63) is 28.8 Å². The smallest absolute Gasteiger partial charge is 0.387 e. The highest BCUT2D eigenvalue weighted by atomic mass is 35.5. The molecule has 1 rings (SSSR count). The zero-order valence-electron chi connectivity index (χ0n) is 11.0. The average molecular weight is 308 g/mol. The molecule has 20 heavy (non-hydrogen) atoms. The van der Waals surface area contributed by atoms with E-state index in [1.54, 1.807) is 6.92 Å². The number of nitrogens with one attached hydrogen (secondary N) is 1.